The van der Waals surface area contributed by atoms with Crippen molar-refractivity contribution in [3.05, 3.63) is 35.4 Å². The molecule has 3 saturated heterocycles. The molecule has 4 aliphatic rings. The van der Waals surface area contributed by atoms with E-state index in [0.29, 0.717) is 37.8 Å². The molecule has 1 aromatic rings. The average molecular weight is 467 g/mol. The highest BCUT2D eigenvalue weighted by Gasteiger charge is 2.46. The molecule has 4 fully saturated rings. The van der Waals surface area contributed by atoms with Gasteiger partial charge in [-0.05, 0) is 37.0 Å². The maximum Gasteiger partial charge on any atom is 0.416 e. The Kier molecular flexibility index (Phi) is 5.96. The lowest BCUT2D eigenvalue weighted by Gasteiger charge is -2.32. The van der Waals surface area contributed by atoms with Gasteiger partial charge in [-0.25, -0.2) is 15.6 Å². The van der Waals surface area contributed by atoms with E-state index in [0.717, 1.165) is 31.4 Å². The number of nitrogens with one attached hydrogen (secondary N) is 3. The number of likely N-dealkylation sites (tertiary alicyclic amines) is 2. The topological polar surface area (TPSA) is 85.9 Å². The molecule has 1 saturated carbocycles. The molecule has 11 heteroatoms. The number of benzene rings is 1. The van der Waals surface area contributed by atoms with E-state index in [1.165, 1.54) is 12.1 Å². The van der Waals surface area contributed by atoms with Gasteiger partial charge < -0.3 is 14.5 Å². The summed E-state index contributed by atoms with van der Waals surface area (Å²) >= 11 is 0. The van der Waals surface area contributed by atoms with Crippen molar-refractivity contribution < 1.29 is 27.5 Å². The molecule has 2 amide bonds. The smallest absolute Gasteiger partial charge is 0.416 e. The molecule has 0 aromatic heterocycles. The van der Waals surface area contributed by atoms with Crippen LogP contribution in [0.25, 0.3) is 0 Å². The number of hydrogen-bond acceptors (Lipinski definition) is 6. The number of alkyl halides is 3. The van der Waals surface area contributed by atoms with Gasteiger partial charge in [-0.2, -0.15) is 18.7 Å². The van der Waals surface area contributed by atoms with Gasteiger partial charge in [0.1, 0.15) is 6.61 Å². The van der Waals surface area contributed by atoms with Gasteiger partial charge in [0, 0.05) is 56.0 Å². The van der Waals surface area contributed by atoms with E-state index in [4.69, 9.17) is 4.74 Å². The molecule has 2 unspecified atom stereocenters. The Morgan fingerprint density at radius 1 is 0.939 bits per heavy atom. The fourth-order valence-corrected chi connectivity index (χ4v) is 5.56. The number of fused-ring (bicyclic) bond motifs is 2. The Bertz CT molecular complexity index is 882. The molecule has 180 valence electrons. The minimum Gasteiger partial charge on any atom is -0.445 e. The van der Waals surface area contributed by atoms with Crippen molar-refractivity contribution >= 4 is 12.0 Å². The Morgan fingerprint density at radius 3 is 2.24 bits per heavy atom. The fraction of sp³-hybridized carbons (Fsp3) is 0.636. The molecule has 5 rings (SSSR count). The van der Waals surface area contributed by atoms with Crippen molar-refractivity contribution in [2.75, 3.05) is 26.2 Å². The van der Waals surface area contributed by atoms with Crippen LogP contribution >= 0.6 is 0 Å². The van der Waals surface area contributed by atoms with Crippen molar-refractivity contribution in [2.24, 2.45) is 17.8 Å². The summed E-state index contributed by atoms with van der Waals surface area (Å²) in [6.45, 7) is 2.30. The molecule has 8 nitrogen and oxygen atoms in total. The third-order valence-electron chi connectivity index (χ3n) is 7.41. The van der Waals surface area contributed by atoms with Crippen LogP contribution in [0, 0.1) is 17.8 Å². The maximum atomic E-state index is 13.1. The second-order valence-electron chi connectivity index (χ2n) is 9.55. The van der Waals surface area contributed by atoms with Gasteiger partial charge in [-0.15, -0.1) is 0 Å². The van der Waals surface area contributed by atoms with Gasteiger partial charge in [0.25, 0.3) is 0 Å². The van der Waals surface area contributed by atoms with Gasteiger partial charge in [-0.3, -0.25) is 4.79 Å². The van der Waals surface area contributed by atoms with E-state index in [-0.39, 0.29) is 36.3 Å². The van der Waals surface area contributed by atoms with E-state index < -0.39 is 17.8 Å². The van der Waals surface area contributed by atoms with Crippen LogP contribution in [0.2, 0.25) is 0 Å². The Labute approximate surface area is 189 Å². The van der Waals surface area contributed by atoms with Crippen LogP contribution in [-0.4, -0.2) is 60.1 Å². The summed E-state index contributed by atoms with van der Waals surface area (Å²) in [5, 5.41) is 0. The number of ether oxygens (including phenoxy) is 1. The van der Waals surface area contributed by atoms with Crippen LogP contribution in [-0.2, 0) is 22.3 Å². The van der Waals surface area contributed by atoms with E-state index in [1.54, 1.807) is 4.90 Å². The van der Waals surface area contributed by atoms with Crippen molar-refractivity contribution in [1.82, 2.24) is 26.2 Å². The zero-order chi connectivity index (χ0) is 23.2. The van der Waals surface area contributed by atoms with Crippen LogP contribution in [0.1, 0.15) is 30.4 Å². The zero-order valence-electron chi connectivity index (χ0n) is 18.1. The molecule has 33 heavy (non-hydrogen) atoms. The molecule has 0 bridgehead atoms. The van der Waals surface area contributed by atoms with Crippen LogP contribution in [0.15, 0.2) is 24.3 Å². The van der Waals surface area contributed by atoms with Gasteiger partial charge in [0.15, 0.2) is 0 Å². The number of hydrazine groups is 2. The fourth-order valence-electron chi connectivity index (χ4n) is 5.56. The number of amides is 2. The van der Waals surface area contributed by atoms with Gasteiger partial charge in [0.2, 0.25) is 5.91 Å². The van der Waals surface area contributed by atoms with Crippen LogP contribution in [0.3, 0.4) is 0 Å². The van der Waals surface area contributed by atoms with Crippen molar-refractivity contribution in [2.45, 2.75) is 44.1 Å². The first kappa shape index (κ1) is 22.4. The highest BCUT2D eigenvalue weighted by atomic mass is 19.4. The lowest BCUT2D eigenvalue weighted by molar-refractivity contribution is -0.138. The number of carbonyl (C=O) groups is 2. The summed E-state index contributed by atoms with van der Waals surface area (Å²) in [6.07, 6.45) is -2.20. The molecule has 3 aliphatic heterocycles. The monoisotopic (exact) mass is 467 g/mol. The summed E-state index contributed by atoms with van der Waals surface area (Å²) in [5.74, 6) is 0.714. The molecular weight excluding hydrogens is 439 g/mol. The van der Waals surface area contributed by atoms with Crippen LogP contribution in [0.4, 0.5) is 18.0 Å². The Balaban J connectivity index is 1.08. The summed E-state index contributed by atoms with van der Waals surface area (Å²) in [4.78, 5) is 29.1. The number of halogens is 3. The second kappa shape index (κ2) is 8.77. The van der Waals surface area contributed by atoms with E-state index >= 15 is 0 Å². The van der Waals surface area contributed by atoms with E-state index in [2.05, 4.69) is 16.4 Å². The molecule has 0 spiro atoms. The molecule has 3 N–H and O–H groups in total. The molecule has 0 radical (unpaired) electrons. The molecule has 3 heterocycles. The van der Waals surface area contributed by atoms with Crippen LogP contribution in [0.5, 0.6) is 0 Å². The van der Waals surface area contributed by atoms with Crippen LogP contribution < -0.4 is 16.4 Å². The van der Waals surface area contributed by atoms with Gasteiger partial charge >= 0.3 is 12.3 Å². The second-order valence-corrected chi connectivity index (χ2v) is 9.55. The highest BCUT2D eigenvalue weighted by molar-refractivity contribution is 5.79. The summed E-state index contributed by atoms with van der Waals surface area (Å²) in [5.41, 5.74) is 9.09. The lowest BCUT2D eigenvalue weighted by Crippen LogP contribution is -2.45. The Hall–Kier alpha value is -2.37. The van der Waals surface area contributed by atoms with Gasteiger partial charge in [-0.1, -0.05) is 12.1 Å². The molecule has 1 aromatic carbocycles. The summed E-state index contributed by atoms with van der Waals surface area (Å²) in [6, 6.07) is 5.24. The third-order valence-corrected chi connectivity index (χ3v) is 7.41. The number of hydrogen-bond donors (Lipinski definition) is 3. The number of rotatable bonds is 3. The van der Waals surface area contributed by atoms with Crippen molar-refractivity contribution in [3.63, 3.8) is 0 Å². The molecular formula is C22H28F3N5O3. The molecule has 5 atom stereocenters. The third kappa shape index (κ3) is 4.67. The lowest BCUT2D eigenvalue weighted by atomic mass is 9.82. The largest absolute Gasteiger partial charge is 0.445 e. The molecule has 1 aliphatic carbocycles. The standard InChI is InChI=1S/C22H28F3N5O3/c23-22(24,25)17-4-1-13(2-5-17)12-33-21(32)30-10-15-8-29(9-16(15)11-30)20(31)14-3-6-18-19(7-14)27-28-26-18/h1-2,4-5,14-16,18-19,26-28H,3,6-12H2/t14-,15+,16+,18?,19?/m1/s1. The first-order valence-electron chi connectivity index (χ1n) is 11.4. The first-order valence-corrected chi connectivity index (χ1v) is 11.4. The first-order chi connectivity index (χ1) is 15.8. The van der Waals surface area contributed by atoms with E-state index in [9.17, 15) is 22.8 Å². The number of nitrogens with zero attached hydrogens (tertiary/aromatic N) is 2. The quantitative estimate of drug-likeness (QED) is 0.630. The van der Waals surface area contributed by atoms with Crippen molar-refractivity contribution in [1.29, 1.82) is 0 Å². The number of carbonyl (C=O) groups excluding carboxylic acids is 2. The van der Waals surface area contributed by atoms with E-state index in [1.807, 2.05) is 4.90 Å². The maximum absolute atomic E-state index is 13.1. The minimum absolute atomic E-state index is 0.0316. The minimum atomic E-state index is -4.39. The normalized spacial score (nSPS) is 31.4. The Morgan fingerprint density at radius 2 is 1.58 bits per heavy atom. The SMILES string of the molecule is O=C(OCc1ccc(C(F)(F)F)cc1)N1C[C@@H]2CN(C(=O)[C@@H]3CCC4NNNC4C3)C[C@H]2C1. The summed E-state index contributed by atoms with van der Waals surface area (Å²) in [7, 11) is 0. The predicted octanol–water partition coefficient (Wildman–Crippen LogP) is 1.88. The van der Waals surface area contributed by atoms with Gasteiger partial charge in [0.05, 0.1) is 5.56 Å². The predicted molar refractivity (Wildman–Crippen MR) is 111 cm³/mol. The summed E-state index contributed by atoms with van der Waals surface area (Å²) < 4.78 is 43.3. The average Bonchev–Trinajstić information content (AvgIpc) is 3.50. The van der Waals surface area contributed by atoms with Crippen molar-refractivity contribution in [3.8, 4) is 0 Å². The zero-order valence-corrected chi connectivity index (χ0v) is 18.1. The highest BCUT2D eigenvalue weighted by Crippen LogP contribution is 2.35.